The minimum atomic E-state index is 0.0906. The molecule has 2 aliphatic rings. The van der Waals surface area contributed by atoms with Crippen LogP contribution in [0, 0.1) is 5.92 Å². The van der Waals surface area contributed by atoms with E-state index in [2.05, 4.69) is 24.8 Å². The van der Waals surface area contributed by atoms with Gasteiger partial charge in [0.2, 0.25) is 5.91 Å². The average molecular weight is 344 g/mol. The van der Waals surface area contributed by atoms with Crippen molar-refractivity contribution < 1.29 is 9.53 Å². The molecular formula is C17H24N6O2. The maximum absolute atomic E-state index is 12.9. The molecule has 8 heteroatoms. The number of anilines is 1. The lowest BCUT2D eigenvalue weighted by molar-refractivity contribution is -0.148. The molecular weight excluding hydrogens is 320 g/mol. The van der Waals surface area contributed by atoms with E-state index in [0.29, 0.717) is 18.7 Å². The molecule has 2 aromatic rings. The largest absolute Gasteiger partial charge is 0.372 e. The molecule has 25 heavy (non-hydrogen) atoms. The Labute approximate surface area is 146 Å². The molecule has 0 bridgehead atoms. The summed E-state index contributed by atoms with van der Waals surface area (Å²) in [7, 11) is 0. The van der Waals surface area contributed by atoms with Gasteiger partial charge in [-0.05, 0) is 26.7 Å². The normalized spacial score (nSPS) is 25.5. The number of imidazole rings is 1. The summed E-state index contributed by atoms with van der Waals surface area (Å²) >= 11 is 0. The second-order valence-electron chi connectivity index (χ2n) is 7.06. The zero-order chi connectivity index (χ0) is 17.4. The van der Waals surface area contributed by atoms with Crippen molar-refractivity contribution in [2.45, 2.75) is 38.9 Å². The van der Waals surface area contributed by atoms with Crippen molar-refractivity contribution in [1.29, 1.82) is 0 Å². The van der Waals surface area contributed by atoms with E-state index < -0.39 is 0 Å². The fraction of sp³-hybridized carbons (Fsp3) is 0.647. The molecule has 0 radical (unpaired) electrons. The van der Waals surface area contributed by atoms with Crippen LogP contribution in [0.25, 0.3) is 11.2 Å². The minimum Gasteiger partial charge on any atom is -0.372 e. The van der Waals surface area contributed by atoms with Crippen molar-refractivity contribution in [1.82, 2.24) is 24.8 Å². The molecule has 1 amide bonds. The van der Waals surface area contributed by atoms with Crippen molar-refractivity contribution in [3.63, 3.8) is 0 Å². The van der Waals surface area contributed by atoms with Gasteiger partial charge < -0.3 is 19.5 Å². The molecule has 0 spiro atoms. The number of amides is 1. The van der Waals surface area contributed by atoms with Gasteiger partial charge in [-0.2, -0.15) is 0 Å². The fourth-order valence-corrected chi connectivity index (χ4v) is 3.95. The van der Waals surface area contributed by atoms with Gasteiger partial charge in [0.15, 0.2) is 11.5 Å². The molecule has 134 valence electrons. The number of carbonyl (C=O) groups is 1. The van der Waals surface area contributed by atoms with E-state index in [9.17, 15) is 4.79 Å². The zero-order valence-corrected chi connectivity index (χ0v) is 14.7. The topological polar surface area (TPSA) is 87.2 Å². The number of piperidine rings is 1. The second-order valence-corrected chi connectivity index (χ2v) is 7.06. The van der Waals surface area contributed by atoms with Crippen LogP contribution in [0.15, 0.2) is 12.7 Å². The van der Waals surface area contributed by atoms with Crippen LogP contribution in [-0.2, 0) is 9.53 Å². The van der Waals surface area contributed by atoms with Crippen LogP contribution in [0.1, 0.15) is 26.7 Å². The van der Waals surface area contributed by atoms with Gasteiger partial charge in [0.1, 0.15) is 11.8 Å². The highest BCUT2D eigenvalue weighted by molar-refractivity contribution is 5.83. The van der Waals surface area contributed by atoms with E-state index in [4.69, 9.17) is 4.74 Å². The van der Waals surface area contributed by atoms with Crippen molar-refractivity contribution in [2.75, 3.05) is 31.1 Å². The Kier molecular flexibility index (Phi) is 4.29. The Morgan fingerprint density at radius 3 is 2.60 bits per heavy atom. The molecule has 0 unspecified atom stereocenters. The zero-order valence-electron chi connectivity index (χ0n) is 14.7. The molecule has 0 saturated carbocycles. The van der Waals surface area contributed by atoms with Crippen molar-refractivity contribution in [3.05, 3.63) is 12.7 Å². The monoisotopic (exact) mass is 344 g/mol. The molecule has 2 atom stereocenters. The number of nitrogens with one attached hydrogen (secondary N) is 1. The lowest BCUT2D eigenvalue weighted by Gasteiger charge is -2.39. The number of H-pyrrole nitrogens is 1. The molecule has 2 fully saturated rings. The number of aromatic nitrogens is 4. The Bertz CT molecular complexity index is 744. The van der Waals surface area contributed by atoms with Crippen LogP contribution in [0.5, 0.6) is 0 Å². The number of carbonyl (C=O) groups excluding carboxylic acids is 1. The summed E-state index contributed by atoms with van der Waals surface area (Å²) < 4.78 is 5.74. The van der Waals surface area contributed by atoms with Crippen molar-refractivity contribution in [3.8, 4) is 0 Å². The third-order valence-electron chi connectivity index (χ3n) is 5.08. The molecule has 4 rings (SSSR count). The number of nitrogens with zero attached hydrogens (tertiary/aromatic N) is 5. The van der Waals surface area contributed by atoms with Gasteiger partial charge in [-0.1, -0.05) is 0 Å². The summed E-state index contributed by atoms with van der Waals surface area (Å²) in [6.45, 7) is 7.09. The summed E-state index contributed by atoms with van der Waals surface area (Å²) in [4.78, 5) is 32.9. The second kappa shape index (κ2) is 6.59. The smallest absolute Gasteiger partial charge is 0.225 e. The Morgan fingerprint density at radius 1 is 1.16 bits per heavy atom. The van der Waals surface area contributed by atoms with Gasteiger partial charge in [-0.25, -0.2) is 15.0 Å². The number of hydrogen-bond acceptors (Lipinski definition) is 6. The highest BCUT2D eigenvalue weighted by Gasteiger charge is 2.33. The summed E-state index contributed by atoms with van der Waals surface area (Å²) in [5, 5.41) is 0. The first-order valence-corrected chi connectivity index (χ1v) is 8.95. The lowest BCUT2D eigenvalue weighted by atomic mass is 9.94. The van der Waals surface area contributed by atoms with E-state index in [1.54, 1.807) is 12.7 Å². The summed E-state index contributed by atoms with van der Waals surface area (Å²) in [6, 6.07) is 0. The summed E-state index contributed by atoms with van der Waals surface area (Å²) in [6.07, 6.45) is 5.11. The number of aromatic amines is 1. The number of morpholine rings is 1. The van der Waals surface area contributed by atoms with Gasteiger partial charge in [0, 0.05) is 32.1 Å². The quantitative estimate of drug-likeness (QED) is 0.881. The molecule has 2 aromatic heterocycles. The van der Waals surface area contributed by atoms with Crippen LogP contribution in [-0.4, -0.2) is 69.1 Å². The number of fused-ring (bicyclic) bond motifs is 1. The Balaban J connectivity index is 1.41. The fourth-order valence-electron chi connectivity index (χ4n) is 3.95. The van der Waals surface area contributed by atoms with E-state index in [1.807, 2.05) is 18.7 Å². The summed E-state index contributed by atoms with van der Waals surface area (Å²) in [5.41, 5.74) is 1.54. The van der Waals surface area contributed by atoms with Gasteiger partial charge in [0.05, 0.1) is 18.5 Å². The first kappa shape index (κ1) is 16.3. The number of ether oxygens (including phenoxy) is 1. The van der Waals surface area contributed by atoms with Crippen LogP contribution in [0.2, 0.25) is 0 Å². The van der Waals surface area contributed by atoms with Crippen LogP contribution >= 0.6 is 0 Å². The highest BCUT2D eigenvalue weighted by Crippen LogP contribution is 2.27. The average Bonchev–Trinajstić information content (AvgIpc) is 3.09. The summed E-state index contributed by atoms with van der Waals surface area (Å²) in [5.74, 6) is 1.24. The van der Waals surface area contributed by atoms with E-state index in [-0.39, 0.29) is 24.0 Å². The van der Waals surface area contributed by atoms with Crippen molar-refractivity contribution >= 4 is 22.9 Å². The van der Waals surface area contributed by atoms with Crippen LogP contribution < -0.4 is 4.90 Å². The lowest BCUT2D eigenvalue weighted by Crippen LogP contribution is -2.51. The molecule has 0 aliphatic carbocycles. The molecule has 2 saturated heterocycles. The standard InChI is InChI=1S/C17H24N6O2/c1-11-7-23(8-12(2)25-11)17(24)13-3-5-22(6-4-13)16-14-15(19-9-18-14)20-10-21-16/h9-13H,3-8H2,1-2H3,(H,18,19,20,21)/t11-,12+. The number of rotatable bonds is 2. The molecule has 4 heterocycles. The third-order valence-corrected chi connectivity index (χ3v) is 5.08. The van der Waals surface area contributed by atoms with Gasteiger partial charge in [-0.3, -0.25) is 4.79 Å². The molecule has 0 aromatic carbocycles. The first-order valence-electron chi connectivity index (χ1n) is 8.95. The van der Waals surface area contributed by atoms with Crippen molar-refractivity contribution in [2.24, 2.45) is 5.92 Å². The predicted molar refractivity (Wildman–Crippen MR) is 93.2 cm³/mol. The first-order chi connectivity index (χ1) is 12.1. The molecule has 8 nitrogen and oxygen atoms in total. The Morgan fingerprint density at radius 2 is 1.88 bits per heavy atom. The maximum atomic E-state index is 12.9. The van der Waals surface area contributed by atoms with Gasteiger partial charge >= 0.3 is 0 Å². The van der Waals surface area contributed by atoms with Gasteiger partial charge in [0.25, 0.3) is 0 Å². The van der Waals surface area contributed by atoms with Crippen LogP contribution in [0.3, 0.4) is 0 Å². The maximum Gasteiger partial charge on any atom is 0.225 e. The van der Waals surface area contributed by atoms with Gasteiger partial charge in [-0.15, -0.1) is 0 Å². The SMILES string of the molecule is C[C@@H]1CN(C(=O)C2CCN(c3ncnc4nc[nH]c34)CC2)C[C@H](C)O1. The van der Waals surface area contributed by atoms with E-state index >= 15 is 0 Å². The third kappa shape index (κ3) is 3.18. The van der Waals surface area contributed by atoms with E-state index in [1.165, 1.54) is 0 Å². The molecule has 2 aliphatic heterocycles. The van der Waals surface area contributed by atoms with Crippen LogP contribution in [0.4, 0.5) is 5.82 Å². The highest BCUT2D eigenvalue weighted by atomic mass is 16.5. The Hall–Kier alpha value is -2.22. The molecule has 1 N–H and O–H groups in total. The predicted octanol–water partition coefficient (Wildman–Crippen LogP) is 1.21. The van der Waals surface area contributed by atoms with E-state index in [0.717, 1.165) is 37.3 Å². The minimum absolute atomic E-state index is 0.0906. The number of hydrogen-bond donors (Lipinski definition) is 1.